The van der Waals surface area contributed by atoms with Crippen LogP contribution in [-0.2, 0) is 11.3 Å². The molecule has 6 rings (SSSR count). The highest BCUT2D eigenvalue weighted by molar-refractivity contribution is 5.79. The Hall–Kier alpha value is -2.88. The first-order chi connectivity index (χ1) is 17.9. The van der Waals surface area contributed by atoms with Crippen LogP contribution in [0, 0.1) is 24.6 Å². The van der Waals surface area contributed by atoms with Gasteiger partial charge in [-0.05, 0) is 87.6 Å². The summed E-state index contributed by atoms with van der Waals surface area (Å²) >= 11 is 0. The molecule has 3 fully saturated rings. The molecule has 1 amide bonds. The number of nitrogens with one attached hydrogen (secondary N) is 3. The number of hydrogen-bond donors (Lipinski definition) is 4. The van der Waals surface area contributed by atoms with Gasteiger partial charge in [-0.3, -0.25) is 19.9 Å². The molecular formula is C28H35FN6O2. The van der Waals surface area contributed by atoms with Crippen LogP contribution >= 0.6 is 0 Å². The van der Waals surface area contributed by atoms with E-state index in [9.17, 15) is 14.3 Å². The van der Waals surface area contributed by atoms with Crippen molar-refractivity contribution in [3.8, 4) is 0 Å². The van der Waals surface area contributed by atoms with Crippen LogP contribution in [0.3, 0.4) is 0 Å². The molecule has 2 aliphatic carbocycles. The van der Waals surface area contributed by atoms with Crippen molar-refractivity contribution < 1.29 is 14.3 Å². The summed E-state index contributed by atoms with van der Waals surface area (Å²) in [5.74, 6) is 0.0774. The van der Waals surface area contributed by atoms with E-state index in [-0.39, 0.29) is 36.3 Å². The number of halogens is 1. The second-order valence-electron chi connectivity index (χ2n) is 11.3. The maximum Gasteiger partial charge on any atom is 0.223 e. The number of carbonyl (C=O) groups excluding carboxylic acids is 1. The van der Waals surface area contributed by atoms with E-state index >= 15 is 0 Å². The molecule has 196 valence electrons. The van der Waals surface area contributed by atoms with E-state index in [1.54, 1.807) is 10.7 Å². The molecule has 6 atom stereocenters. The Balaban J connectivity index is 1.10. The number of fused-ring (bicyclic) bond motifs is 2. The lowest BCUT2D eigenvalue weighted by Crippen LogP contribution is -2.50. The van der Waals surface area contributed by atoms with E-state index in [0.717, 1.165) is 37.8 Å². The smallest absolute Gasteiger partial charge is 0.223 e. The summed E-state index contributed by atoms with van der Waals surface area (Å²) in [4.78, 5) is 17.7. The fourth-order valence-corrected chi connectivity index (χ4v) is 6.79. The van der Waals surface area contributed by atoms with Gasteiger partial charge >= 0.3 is 0 Å². The second kappa shape index (κ2) is 9.78. The van der Waals surface area contributed by atoms with Crippen LogP contribution in [-0.4, -0.2) is 43.5 Å². The summed E-state index contributed by atoms with van der Waals surface area (Å²) in [6.45, 7) is 2.28. The van der Waals surface area contributed by atoms with E-state index in [1.165, 1.54) is 17.8 Å². The monoisotopic (exact) mass is 506 g/mol. The van der Waals surface area contributed by atoms with Gasteiger partial charge in [-0.15, -0.1) is 0 Å². The molecule has 37 heavy (non-hydrogen) atoms. The van der Waals surface area contributed by atoms with Crippen molar-refractivity contribution in [2.24, 2.45) is 11.8 Å². The number of hydrogen-bond acceptors (Lipinski definition) is 6. The number of rotatable bonds is 5. The Morgan fingerprint density at radius 2 is 2.16 bits per heavy atom. The molecule has 3 aromatic rings. The first-order valence-corrected chi connectivity index (χ1v) is 13.4. The third kappa shape index (κ3) is 4.87. The minimum absolute atomic E-state index is 0.0403. The molecule has 0 spiro atoms. The number of hydrazine groups is 1. The first-order valence-electron chi connectivity index (χ1n) is 13.4. The largest absolute Gasteiger partial charge is 0.388 e. The minimum Gasteiger partial charge on any atom is -0.388 e. The van der Waals surface area contributed by atoms with Crippen molar-refractivity contribution in [3.05, 3.63) is 59.8 Å². The van der Waals surface area contributed by atoms with Gasteiger partial charge in [0.2, 0.25) is 5.91 Å². The molecule has 9 heteroatoms. The molecule has 4 N–H and O–H groups in total. The quantitative estimate of drug-likeness (QED) is 0.423. The number of carbonyl (C=O) groups is 1. The average molecular weight is 507 g/mol. The van der Waals surface area contributed by atoms with Gasteiger partial charge in [0.25, 0.3) is 0 Å². The fraction of sp³-hybridized carbons (Fsp3) is 0.536. The van der Waals surface area contributed by atoms with Crippen LogP contribution in [0.25, 0.3) is 10.9 Å². The number of amides is 1. The van der Waals surface area contributed by atoms with E-state index in [0.29, 0.717) is 35.7 Å². The van der Waals surface area contributed by atoms with Crippen molar-refractivity contribution >= 4 is 16.8 Å². The highest BCUT2D eigenvalue weighted by Crippen LogP contribution is 2.41. The maximum absolute atomic E-state index is 14.1. The summed E-state index contributed by atoms with van der Waals surface area (Å²) in [6.07, 6.45) is 8.76. The van der Waals surface area contributed by atoms with E-state index < -0.39 is 5.60 Å². The number of aliphatic hydroxyl groups is 1. The molecule has 4 unspecified atom stereocenters. The lowest BCUT2D eigenvalue weighted by Gasteiger charge is -2.38. The lowest BCUT2D eigenvalue weighted by molar-refractivity contribution is -0.128. The van der Waals surface area contributed by atoms with Crippen LogP contribution in [0.2, 0.25) is 0 Å². The SMILES string of the molecule is Cc1cc(C2NNC3CCC(C(=O)N[C@H]4CCC[C@@](O)(Cn5ncc6c(F)cccc65)C4)CC32)ccn1. The molecule has 1 aromatic carbocycles. The molecule has 0 radical (unpaired) electrons. The number of pyridine rings is 1. The van der Waals surface area contributed by atoms with E-state index in [2.05, 4.69) is 38.4 Å². The Morgan fingerprint density at radius 3 is 3.03 bits per heavy atom. The van der Waals surface area contributed by atoms with Gasteiger partial charge in [0.1, 0.15) is 5.82 Å². The third-order valence-corrected chi connectivity index (χ3v) is 8.65. The molecule has 8 nitrogen and oxygen atoms in total. The number of nitrogens with zero attached hydrogens (tertiary/aromatic N) is 3. The molecule has 2 aromatic heterocycles. The predicted octanol–water partition coefficient (Wildman–Crippen LogP) is 3.30. The molecule has 2 saturated carbocycles. The highest BCUT2D eigenvalue weighted by Gasteiger charge is 2.43. The summed E-state index contributed by atoms with van der Waals surface area (Å²) in [5, 5.41) is 19.5. The van der Waals surface area contributed by atoms with Crippen LogP contribution in [0.1, 0.15) is 62.2 Å². The Bertz CT molecular complexity index is 1300. The summed E-state index contributed by atoms with van der Waals surface area (Å²) in [7, 11) is 0. The summed E-state index contributed by atoms with van der Waals surface area (Å²) < 4.78 is 15.8. The standard InChI is InChI=1S/C28H35FN6O2/c1-17-12-18(9-11-30-17)26-21-13-19(7-8-24(21)33-34-26)27(36)32-20-4-3-10-28(37,14-20)16-35-25-6-2-5-23(29)22(25)15-31-35/h2,5-6,9,11-12,15,19-21,24,26,33-34,37H,3-4,7-8,10,13-14,16H2,1H3,(H,32,36)/t19?,20-,21?,24?,26?,28-/m0/s1. The topological polar surface area (TPSA) is 104 Å². The van der Waals surface area contributed by atoms with Gasteiger partial charge in [-0.25, -0.2) is 9.82 Å². The van der Waals surface area contributed by atoms with Crippen LogP contribution < -0.4 is 16.2 Å². The van der Waals surface area contributed by atoms with Crippen molar-refractivity contribution in [1.29, 1.82) is 0 Å². The second-order valence-corrected chi connectivity index (χ2v) is 11.3. The molecule has 3 heterocycles. The predicted molar refractivity (Wildman–Crippen MR) is 138 cm³/mol. The highest BCUT2D eigenvalue weighted by atomic mass is 19.1. The van der Waals surface area contributed by atoms with Gasteiger partial charge in [-0.1, -0.05) is 6.07 Å². The van der Waals surface area contributed by atoms with Crippen LogP contribution in [0.5, 0.6) is 0 Å². The normalized spacial score (nSPS) is 31.8. The van der Waals surface area contributed by atoms with Crippen molar-refractivity contribution in [2.45, 2.75) is 82.1 Å². The zero-order valence-corrected chi connectivity index (χ0v) is 21.2. The van der Waals surface area contributed by atoms with Crippen LogP contribution in [0.15, 0.2) is 42.7 Å². The van der Waals surface area contributed by atoms with Gasteiger partial charge in [-0.2, -0.15) is 5.10 Å². The van der Waals surface area contributed by atoms with Gasteiger partial charge in [0.05, 0.1) is 35.3 Å². The zero-order valence-electron chi connectivity index (χ0n) is 21.2. The van der Waals surface area contributed by atoms with Gasteiger partial charge < -0.3 is 10.4 Å². The minimum atomic E-state index is -0.997. The van der Waals surface area contributed by atoms with Gasteiger partial charge in [0, 0.05) is 29.9 Å². The van der Waals surface area contributed by atoms with E-state index in [4.69, 9.17) is 0 Å². The zero-order chi connectivity index (χ0) is 25.6. The summed E-state index contributed by atoms with van der Waals surface area (Å²) in [6, 6.07) is 9.51. The van der Waals surface area contributed by atoms with Gasteiger partial charge in [0.15, 0.2) is 0 Å². The van der Waals surface area contributed by atoms with E-state index in [1.807, 2.05) is 19.2 Å². The van der Waals surface area contributed by atoms with Crippen molar-refractivity contribution in [3.63, 3.8) is 0 Å². The number of aryl methyl sites for hydroxylation is 1. The van der Waals surface area contributed by atoms with Crippen LogP contribution in [0.4, 0.5) is 4.39 Å². The summed E-state index contributed by atoms with van der Waals surface area (Å²) in [5.41, 5.74) is 8.78. The fourth-order valence-electron chi connectivity index (χ4n) is 6.79. The Morgan fingerprint density at radius 1 is 1.27 bits per heavy atom. The third-order valence-electron chi connectivity index (χ3n) is 8.65. The number of aromatic nitrogens is 3. The lowest BCUT2D eigenvalue weighted by atomic mass is 9.74. The molecule has 1 aliphatic heterocycles. The Labute approximate surface area is 216 Å². The Kier molecular flexibility index (Phi) is 6.46. The first kappa shape index (κ1) is 24.5. The molecular weight excluding hydrogens is 471 g/mol. The van der Waals surface area contributed by atoms with Crippen molar-refractivity contribution in [1.82, 2.24) is 30.9 Å². The maximum atomic E-state index is 14.1. The van der Waals surface area contributed by atoms with Crippen molar-refractivity contribution in [2.75, 3.05) is 0 Å². The number of benzene rings is 1. The average Bonchev–Trinajstić information content (AvgIpc) is 3.48. The molecule has 0 bridgehead atoms. The molecule has 1 saturated heterocycles. The molecule has 3 aliphatic rings.